The molecule has 0 saturated heterocycles. The van der Waals surface area contributed by atoms with Gasteiger partial charge in [0, 0.05) is 38.7 Å². The molecule has 0 saturated carbocycles. The normalized spacial score (nSPS) is 10.4. The number of nitro groups is 1. The number of carbonyl (C=O) groups excluding carboxylic acids is 1. The van der Waals surface area contributed by atoms with Crippen molar-refractivity contribution in [2.24, 2.45) is 5.84 Å². The van der Waals surface area contributed by atoms with Crippen molar-refractivity contribution in [2.75, 3.05) is 26.1 Å². The number of amides is 1. The van der Waals surface area contributed by atoms with Crippen molar-refractivity contribution < 1.29 is 9.72 Å². The molecule has 0 aliphatic carbocycles. The summed E-state index contributed by atoms with van der Waals surface area (Å²) in [5.41, 5.74) is 3.86. The van der Waals surface area contributed by atoms with Crippen molar-refractivity contribution in [3.05, 3.63) is 33.9 Å². The van der Waals surface area contributed by atoms with Crippen molar-refractivity contribution in [2.45, 2.75) is 13.0 Å². The van der Waals surface area contributed by atoms with Crippen molar-refractivity contribution in [1.82, 2.24) is 10.2 Å². The van der Waals surface area contributed by atoms with E-state index in [1.807, 2.05) is 11.9 Å². The zero-order valence-electron chi connectivity index (χ0n) is 11.5. The quantitative estimate of drug-likeness (QED) is 0.380. The summed E-state index contributed by atoms with van der Waals surface area (Å²) in [7, 11) is 3.42. The molecule has 0 unspecified atom stereocenters. The number of nitrogen functional groups attached to an aromatic ring is 1. The van der Waals surface area contributed by atoms with Crippen LogP contribution >= 0.6 is 0 Å². The summed E-state index contributed by atoms with van der Waals surface area (Å²) in [6.45, 7) is 1.00. The molecule has 1 rings (SSSR count). The Morgan fingerprint density at radius 1 is 1.50 bits per heavy atom. The minimum absolute atomic E-state index is 0.0127. The van der Waals surface area contributed by atoms with Crippen LogP contribution in [0.1, 0.15) is 12.0 Å². The van der Waals surface area contributed by atoms with E-state index in [1.54, 1.807) is 13.1 Å². The number of non-ortho nitro benzene ring substituents is 1. The molecule has 0 aliphatic heterocycles. The molecular weight excluding hydrogens is 262 g/mol. The second-order valence-corrected chi connectivity index (χ2v) is 4.40. The predicted octanol–water partition coefficient (Wildman–Crippen LogP) is 0.448. The van der Waals surface area contributed by atoms with Gasteiger partial charge < -0.3 is 15.6 Å². The molecule has 110 valence electrons. The number of nitrogens with two attached hydrogens (primary N) is 1. The third-order valence-corrected chi connectivity index (χ3v) is 2.89. The first-order chi connectivity index (χ1) is 9.47. The maximum absolute atomic E-state index is 11.2. The van der Waals surface area contributed by atoms with Crippen LogP contribution in [0.15, 0.2) is 18.2 Å². The molecule has 0 fully saturated rings. The van der Waals surface area contributed by atoms with E-state index in [0.717, 1.165) is 0 Å². The van der Waals surface area contributed by atoms with E-state index in [0.29, 0.717) is 30.8 Å². The second kappa shape index (κ2) is 7.41. The van der Waals surface area contributed by atoms with Gasteiger partial charge in [-0.05, 0) is 18.7 Å². The minimum Gasteiger partial charge on any atom is -0.359 e. The monoisotopic (exact) mass is 281 g/mol. The molecule has 4 N–H and O–H groups in total. The van der Waals surface area contributed by atoms with Gasteiger partial charge in [-0.1, -0.05) is 0 Å². The standard InChI is InChI=1S/C12H19N5O3/c1-14-12(18)5-6-16(2)8-9-7-10(17(19)20)3-4-11(9)15-13/h3-4,7,15H,5-6,8,13H2,1-2H3,(H,14,18). The molecule has 0 radical (unpaired) electrons. The van der Waals surface area contributed by atoms with Gasteiger partial charge in [-0.2, -0.15) is 0 Å². The van der Waals surface area contributed by atoms with Gasteiger partial charge in [-0.15, -0.1) is 0 Å². The molecule has 8 nitrogen and oxygen atoms in total. The molecule has 0 atom stereocenters. The Bertz CT molecular complexity index is 492. The van der Waals surface area contributed by atoms with Crippen LogP contribution in [0.25, 0.3) is 0 Å². The van der Waals surface area contributed by atoms with Crippen LogP contribution in [0.3, 0.4) is 0 Å². The molecule has 1 aromatic carbocycles. The Hall–Kier alpha value is -2.19. The predicted molar refractivity (Wildman–Crippen MR) is 75.9 cm³/mol. The number of nitrogens with zero attached hydrogens (tertiary/aromatic N) is 2. The molecule has 1 aromatic rings. The number of benzene rings is 1. The molecule has 1 amide bonds. The van der Waals surface area contributed by atoms with E-state index in [-0.39, 0.29) is 11.6 Å². The molecule has 0 heterocycles. The maximum Gasteiger partial charge on any atom is 0.269 e. The van der Waals surface area contributed by atoms with Gasteiger partial charge in [0.25, 0.3) is 5.69 Å². The number of hydrogen-bond acceptors (Lipinski definition) is 6. The van der Waals surface area contributed by atoms with Crippen LogP contribution in [0.5, 0.6) is 0 Å². The fraction of sp³-hybridized carbons (Fsp3) is 0.417. The number of carbonyl (C=O) groups is 1. The highest BCUT2D eigenvalue weighted by atomic mass is 16.6. The zero-order chi connectivity index (χ0) is 15.1. The lowest BCUT2D eigenvalue weighted by Crippen LogP contribution is -2.26. The van der Waals surface area contributed by atoms with E-state index >= 15 is 0 Å². The summed E-state index contributed by atoms with van der Waals surface area (Å²) in [5, 5.41) is 13.3. The highest BCUT2D eigenvalue weighted by Crippen LogP contribution is 2.22. The van der Waals surface area contributed by atoms with Gasteiger partial charge >= 0.3 is 0 Å². The average Bonchev–Trinajstić information content (AvgIpc) is 2.44. The molecule has 8 heteroatoms. The average molecular weight is 281 g/mol. The van der Waals surface area contributed by atoms with Crippen LogP contribution in [0.4, 0.5) is 11.4 Å². The lowest BCUT2D eigenvalue weighted by molar-refractivity contribution is -0.384. The fourth-order valence-electron chi connectivity index (χ4n) is 1.75. The van der Waals surface area contributed by atoms with Crippen LogP contribution < -0.4 is 16.6 Å². The Kier molecular flexibility index (Phi) is 5.88. The number of nitrogens with one attached hydrogen (secondary N) is 2. The van der Waals surface area contributed by atoms with E-state index in [2.05, 4.69) is 10.7 Å². The highest BCUT2D eigenvalue weighted by Gasteiger charge is 2.12. The fourth-order valence-corrected chi connectivity index (χ4v) is 1.75. The number of hydrazine groups is 1. The SMILES string of the molecule is CNC(=O)CCN(C)Cc1cc([N+](=O)[O-])ccc1NN. The lowest BCUT2D eigenvalue weighted by Gasteiger charge is -2.18. The topological polar surface area (TPSA) is 114 Å². The molecule has 0 aliphatic rings. The summed E-state index contributed by atoms with van der Waals surface area (Å²) in [4.78, 5) is 23.4. The summed E-state index contributed by atoms with van der Waals surface area (Å²) < 4.78 is 0. The first kappa shape index (κ1) is 15.9. The first-order valence-electron chi connectivity index (χ1n) is 6.11. The van der Waals surface area contributed by atoms with Crippen LogP contribution in [-0.2, 0) is 11.3 Å². The number of hydrogen-bond donors (Lipinski definition) is 3. The summed E-state index contributed by atoms with van der Waals surface area (Å²) in [6.07, 6.45) is 0.368. The van der Waals surface area contributed by atoms with Gasteiger partial charge in [0.1, 0.15) is 0 Å². The van der Waals surface area contributed by atoms with E-state index in [1.165, 1.54) is 12.1 Å². The summed E-state index contributed by atoms with van der Waals surface area (Å²) in [5.74, 6) is 5.35. The first-order valence-corrected chi connectivity index (χ1v) is 6.11. The zero-order valence-corrected chi connectivity index (χ0v) is 11.5. The largest absolute Gasteiger partial charge is 0.359 e. The van der Waals surface area contributed by atoms with Crippen molar-refractivity contribution in [1.29, 1.82) is 0 Å². The third-order valence-electron chi connectivity index (χ3n) is 2.89. The maximum atomic E-state index is 11.2. The van der Waals surface area contributed by atoms with Crippen molar-refractivity contribution in [3.8, 4) is 0 Å². The number of anilines is 1. The van der Waals surface area contributed by atoms with Crippen LogP contribution in [-0.4, -0.2) is 36.4 Å². The lowest BCUT2D eigenvalue weighted by atomic mass is 10.1. The van der Waals surface area contributed by atoms with Gasteiger partial charge in [0.05, 0.1) is 10.6 Å². The van der Waals surface area contributed by atoms with E-state index in [4.69, 9.17) is 5.84 Å². The molecular formula is C12H19N5O3. The minimum atomic E-state index is -0.450. The van der Waals surface area contributed by atoms with Crippen molar-refractivity contribution in [3.63, 3.8) is 0 Å². The Labute approximate surface area is 117 Å². The Morgan fingerprint density at radius 3 is 2.75 bits per heavy atom. The smallest absolute Gasteiger partial charge is 0.269 e. The van der Waals surface area contributed by atoms with Gasteiger partial charge in [-0.25, -0.2) is 0 Å². The molecule has 0 bridgehead atoms. The number of nitro benzene ring substituents is 1. The van der Waals surface area contributed by atoms with E-state index in [9.17, 15) is 14.9 Å². The molecule has 0 aromatic heterocycles. The van der Waals surface area contributed by atoms with Crippen LogP contribution in [0.2, 0.25) is 0 Å². The highest BCUT2D eigenvalue weighted by molar-refractivity contribution is 5.75. The molecule has 0 spiro atoms. The van der Waals surface area contributed by atoms with Crippen LogP contribution in [0, 0.1) is 10.1 Å². The van der Waals surface area contributed by atoms with Crippen molar-refractivity contribution >= 4 is 17.3 Å². The van der Waals surface area contributed by atoms with Gasteiger partial charge in [0.2, 0.25) is 5.91 Å². The van der Waals surface area contributed by atoms with E-state index < -0.39 is 4.92 Å². The molecule has 20 heavy (non-hydrogen) atoms. The van der Waals surface area contributed by atoms with Gasteiger partial charge in [0.15, 0.2) is 0 Å². The Morgan fingerprint density at radius 2 is 2.20 bits per heavy atom. The third kappa shape index (κ3) is 4.48. The number of rotatable bonds is 7. The second-order valence-electron chi connectivity index (χ2n) is 4.40. The van der Waals surface area contributed by atoms with Gasteiger partial charge in [-0.3, -0.25) is 20.8 Å². The summed E-state index contributed by atoms with van der Waals surface area (Å²) in [6, 6.07) is 4.44. The summed E-state index contributed by atoms with van der Waals surface area (Å²) >= 11 is 0. The Balaban J connectivity index is 2.76.